The Morgan fingerprint density at radius 1 is 0.825 bits per heavy atom. The van der Waals surface area contributed by atoms with Crippen molar-refractivity contribution in [3.63, 3.8) is 0 Å². The van der Waals surface area contributed by atoms with Gasteiger partial charge in [-0.3, -0.25) is 4.79 Å². The van der Waals surface area contributed by atoms with Gasteiger partial charge in [-0.15, -0.1) is 0 Å². The van der Waals surface area contributed by atoms with Crippen LogP contribution in [0.25, 0.3) is 0 Å². The van der Waals surface area contributed by atoms with Crippen molar-refractivity contribution in [2.75, 3.05) is 20.3 Å². The summed E-state index contributed by atoms with van der Waals surface area (Å²) in [5.41, 5.74) is -0.843. The van der Waals surface area contributed by atoms with Crippen LogP contribution in [0.1, 0.15) is 47.1 Å². The average molecular weight is 566 g/mol. The minimum Gasteiger partial charge on any atom is -0.493 e. The van der Waals surface area contributed by atoms with Gasteiger partial charge in [-0.05, 0) is 79.3 Å². The first-order valence-corrected chi connectivity index (χ1v) is 12.8. The van der Waals surface area contributed by atoms with Crippen molar-refractivity contribution in [2.24, 2.45) is 5.41 Å². The van der Waals surface area contributed by atoms with Gasteiger partial charge in [0.2, 0.25) is 5.91 Å². The molecule has 1 saturated heterocycles. The Morgan fingerprint density at radius 2 is 1.35 bits per heavy atom. The zero-order valence-corrected chi connectivity index (χ0v) is 22.0. The number of ether oxygens (including phenoxy) is 2. The molecule has 0 radical (unpaired) electrons. The molecule has 1 fully saturated rings. The number of benzene rings is 3. The summed E-state index contributed by atoms with van der Waals surface area (Å²) < 4.78 is 89.9. The molecule has 4 nitrogen and oxygen atoms in total. The van der Waals surface area contributed by atoms with Crippen molar-refractivity contribution in [3.8, 4) is 11.5 Å². The summed E-state index contributed by atoms with van der Waals surface area (Å²) in [5.74, 6) is 0.593. The monoisotopic (exact) mass is 565 g/mol. The Morgan fingerprint density at radius 3 is 1.80 bits per heavy atom. The summed E-state index contributed by atoms with van der Waals surface area (Å²) in [6.07, 6.45) is -8.49. The molecular formula is C30H29F6NO3. The molecule has 0 unspecified atom stereocenters. The van der Waals surface area contributed by atoms with Crippen LogP contribution in [-0.4, -0.2) is 26.2 Å². The van der Waals surface area contributed by atoms with Crippen LogP contribution >= 0.6 is 0 Å². The van der Waals surface area contributed by atoms with E-state index < -0.39 is 28.9 Å². The van der Waals surface area contributed by atoms with Gasteiger partial charge in [-0.25, -0.2) is 0 Å². The molecule has 0 aliphatic carbocycles. The van der Waals surface area contributed by atoms with Crippen molar-refractivity contribution < 1.29 is 40.6 Å². The van der Waals surface area contributed by atoms with Crippen LogP contribution in [0, 0.1) is 5.41 Å². The second-order valence-corrected chi connectivity index (χ2v) is 9.98. The predicted octanol–water partition coefficient (Wildman–Crippen LogP) is 7.21. The van der Waals surface area contributed by atoms with Gasteiger partial charge < -0.3 is 14.8 Å². The summed E-state index contributed by atoms with van der Waals surface area (Å²) in [4.78, 5) is 13.5. The van der Waals surface area contributed by atoms with Gasteiger partial charge in [-0.2, -0.15) is 26.3 Å². The standard InChI is InChI=1S/C30H29F6NO3/c1-3-40-26-14-21(8-13-25(26)39-2)22-17-28(27(38)37-18-22,15-19-4-9-23(10-5-19)29(31,32)33)16-20-6-11-24(12-7-20)30(34,35)36/h4-14,22H,3,15-18H2,1-2H3,(H,37,38)/t22-/m1/s1. The second-order valence-electron chi connectivity index (χ2n) is 9.98. The average Bonchev–Trinajstić information content (AvgIpc) is 2.90. The third kappa shape index (κ3) is 6.54. The molecule has 0 saturated carbocycles. The Hall–Kier alpha value is -3.69. The van der Waals surface area contributed by atoms with Gasteiger partial charge in [0.15, 0.2) is 11.5 Å². The first-order valence-electron chi connectivity index (χ1n) is 12.8. The molecule has 1 atom stereocenters. The number of nitrogens with one attached hydrogen (secondary N) is 1. The van der Waals surface area contributed by atoms with E-state index in [0.717, 1.165) is 29.8 Å². The van der Waals surface area contributed by atoms with E-state index >= 15 is 0 Å². The zero-order chi connectivity index (χ0) is 29.1. The normalized spacial score (nSPS) is 17.3. The number of amides is 1. The summed E-state index contributed by atoms with van der Waals surface area (Å²) in [6.45, 7) is 2.57. The van der Waals surface area contributed by atoms with E-state index in [1.54, 1.807) is 6.07 Å². The van der Waals surface area contributed by atoms with E-state index in [-0.39, 0.29) is 24.7 Å². The highest BCUT2D eigenvalue weighted by atomic mass is 19.4. The topological polar surface area (TPSA) is 47.6 Å². The van der Waals surface area contributed by atoms with E-state index in [2.05, 4.69) is 5.32 Å². The van der Waals surface area contributed by atoms with Gasteiger partial charge in [-0.1, -0.05) is 30.3 Å². The number of carbonyl (C=O) groups excluding carboxylic acids is 1. The molecule has 0 aromatic heterocycles. The lowest BCUT2D eigenvalue weighted by Crippen LogP contribution is -2.51. The molecule has 3 aromatic rings. The maximum Gasteiger partial charge on any atom is 0.416 e. The summed E-state index contributed by atoms with van der Waals surface area (Å²) in [5, 5.41) is 2.94. The molecule has 4 rings (SSSR count). The van der Waals surface area contributed by atoms with E-state index in [9.17, 15) is 31.1 Å². The predicted molar refractivity (Wildman–Crippen MR) is 137 cm³/mol. The lowest BCUT2D eigenvalue weighted by atomic mass is 9.67. The number of hydrogen-bond donors (Lipinski definition) is 1. The lowest BCUT2D eigenvalue weighted by molar-refractivity contribution is -0.138. The van der Waals surface area contributed by atoms with Gasteiger partial charge >= 0.3 is 12.4 Å². The van der Waals surface area contributed by atoms with Crippen LogP contribution in [0.15, 0.2) is 66.7 Å². The highest BCUT2D eigenvalue weighted by molar-refractivity contribution is 5.84. The Balaban J connectivity index is 1.71. The second kappa shape index (κ2) is 11.4. The van der Waals surface area contributed by atoms with Crippen molar-refractivity contribution in [3.05, 3.63) is 94.5 Å². The van der Waals surface area contributed by atoms with E-state index in [1.165, 1.54) is 31.4 Å². The molecule has 0 spiro atoms. The van der Waals surface area contributed by atoms with Crippen molar-refractivity contribution in [2.45, 2.75) is 44.5 Å². The smallest absolute Gasteiger partial charge is 0.416 e. The Bertz CT molecular complexity index is 1260. The van der Waals surface area contributed by atoms with Crippen LogP contribution in [0.4, 0.5) is 26.3 Å². The number of alkyl halides is 6. The van der Waals surface area contributed by atoms with E-state index in [1.807, 2.05) is 19.1 Å². The van der Waals surface area contributed by atoms with Gasteiger partial charge in [0.25, 0.3) is 0 Å². The van der Waals surface area contributed by atoms with Crippen molar-refractivity contribution in [1.29, 1.82) is 0 Å². The van der Waals surface area contributed by atoms with Crippen LogP contribution in [0.3, 0.4) is 0 Å². The third-order valence-electron chi connectivity index (χ3n) is 7.23. The summed E-state index contributed by atoms with van der Waals surface area (Å²) in [6, 6.07) is 14.7. The Labute approximate surface area is 228 Å². The fraction of sp³-hybridized carbons (Fsp3) is 0.367. The van der Waals surface area contributed by atoms with E-state index in [4.69, 9.17) is 9.47 Å². The maximum atomic E-state index is 13.5. The molecule has 1 N–H and O–H groups in total. The maximum absolute atomic E-state index is 13.5. The number of carbonyl (C=O) groups is 1. The molecule has 214 valence electrons. The van der Waals surface area contributed by atoms with Crippen LogP contribution in [-0.2, 0) is 30.0 Å². The van der Waals surface area contributed by atoms with Gasteiger partial charge in [0.1, 0.15) is 0 Å². The highest BCUT2D eigenvalue weighted by Gasteiger charge is 2.44. The number of halogens is 6. The molecule has 10 heteroatoms. The first kappa shape index (κ1) is 29.3. The minimum atomic E-state index is -4.50. The Kier molecular flexibility index (Phi) is 8.37. The SMILES string of the molecule is CCOc1cc([C@H]2CNC(=O)C(Cc3ccc(C(F)(F)F)cc3)(Cc3ccc(C(F)(F)F)cc3)C2)ccc1OC. The first-order chi connectivity index (χ1) is 18.8. The number of methoxy groups -OCH3 is 1. The molecule has 1 heterocycles. The van der Waals surface area contributed by atoms with Crippen molar-refractivity contribution in [1.82, 2.24) is 5.32 Å². The van der Waals surface area contributed by atoms with E-state index in [0.29, 0.717) is 42.2 Å². The molecule has 1 amide bonds. The van der Waals surface area contributed by atoms with Crippen LogP contribution in [0.2, 0.25) is 0 Å². The summed E-state index contributed by atoms with van der Waals surface area (Å²) in [7, 11) is 1.53. The fourth-order valence-corrected chi connectivity index (χ4v) is 5.26. The minimum absolute atomic E-state index is 0.100. The third-order valence-corrected chi connectivity index (χ3v) is 7.23. The van der Waals surface area contributed by atoms with Crippen LogP contribution < -0.4 is 14.8 Å². The molecule has 1 aliphatic rings. The van der Waals surface area contributed by atoms with Crippen molar-refractivity contribution >= 4 is 5.91 Å². The largest absolute Gasteiger partial charge is 0.493 e. The summed E-state index contributed by atoms with van der Waals surface area (Å²) >= 11 is 0. The lowest BCUT2D eigenvalue weighted by Gasteiger charge is -2.41. The molecule has 3 aromatic carbocycles. The quantitative estimate of drug-likeness (QED) is 0.294. The molecule has 1 aliphatic heterocycles. The number of rotatable bonds is 8. The molecule has 40 heavy (non-hydrogen) atoms. The van der Waals surface area contributed by atoms with Gasteiger partial charge in [0, 0.05) is 12.5 Å². The van der Waals surface area contributed by atoms with Crippen LogP contribution in [0.5, 0.6) is 11.5 Å². The number of piperidine rings is 1. The molecular weight excluding hydrogens is 536 g/mol. The zero-order valence-electron chi connectivity index (χ0n) is 22.0. The number of hydrogen-bond acceptors (Lipinski definition) is 3. The van der Waals surface area contributed by atoms with Gasteiger partial charge in [0.05, 0.1) is 30.3 Å². The highest BCUT2D eigenvalue weighted by Crippen LogP contribution is 2.43. The fourth-order valence-electron chi connectivity index (χ4n) is 5.26. The molecule has 0 bridgehead atoms.